The van der Waals surface area contributed by atoms with Crippen LogP contribution in [0.5, 0.6) is 0 Å². The Labute approximate surface area is 137 Å². The fraction of sp³-hybridized carbons (Fsp3) is 0.375. The molecule has 0 bridgehead atoms. The highest BCUT2D eigenvalue weighted by atomic mass is 79.9. The summed E-state index contributed by atoms with van der Waals surface area (Å²) >= 11 is 7.41. The zero-order valence-corrected chi connectivity index (χ0v) is 14.7. The Morgan fingerprint density at radius 2 is 2.25 bits per heavy atom. The summed E-state index contributed by atoms with van der Waals surface area (Å²) in [7, 11) is 0. The Kier molecular flexibility index (Phi) is 4.87. The lowest BCUT2D eigenvalue weighted by Crippen LogP contribution is -2.36. The molecule has 0 amide bonds. The second-order valence-electron chi connectivity index (χ2n) is 5.05. The van der Waals surface area contributed by atoms with Gasteiger partial charge in [-0.05, 0) is 46.6 Å². The lowest BCUT2D eigenvalue weighted by molar-refractivity contribution is 0.465. The largest absolute Gasteiger partial charge is 0.313 e. The monoisotopic (exact) mass is 367 g/mol. The lowest BCUT2D eigenvalue weighted by atomic mass is 9.91. The number of likely N-dealkylation sites (N-methyl/N-ethyl adjacent to an activating group) is 1. The molecule has 3 rings (SSSR count). The van der Waals surface area contributed by atoms with Gasteiger partial charge in [0.15, 0.2) is 0 Å². The summed E-state index contributed by atoms with van der Waals surface area (Å²) in [5.74, 6) is 1.82. The van der Waals surface area contributed by atoms with Crippen LogP contribution in [0, 0.1) is 0 Å². The number of fused-ring (bicyclic) bond motifs is 1. The van der Waals surface area contributed by atoms with Gasteiger partial charge in [0, 0.05) is 37.3 Å². The maximum absolute atomic E-state index is 3.70. The SMILES string of the molecule is CCNC(Cc1cc(Br)cs1)C1CSc2ccccc21. The van der Waals surface area contributed by atoms with Crippen molar-refractivity contribution >= 4 is 39.0 Å². The van der Waals surface area contributed by atoms with E-state index in [1.54, 1.807) is 0 Å². The summed E-state index contributed by atoms with van der Waals surface area (Å²) in [6.07, 6.45) is 1.11. The average Bonchev–Trinajstić information content (AvgIpc) is 3.04. The number of hydrogen-bond acceptors (Lipinski definition) is 3. The third kappa shape index (κ3) is 3.14. The van der Waals surface area contributed by atoms with Crippen LogP contribution < -0.4 is 5.32 Å². The van der Waals surface area contributed by atoms with Crippen molar-refractivity contribution in [2.75, 3.05) is 12.3 Å². The molecule has 1 N–H and O–H groups in total. The maximum Gasteiger partial charge on any atom is 0.0285 e. The van der Waals surface area contributed by atoms with E-state index in [0.717, 1.165) is 13.0 Å². The molecule has 0 aliphatic carbocycles. The standard InChI is InChI=1S/C16H18BrNS2/c1-2-18-15(8-12-7-11(17)9-19-12)14-10-20-16-6-4-3-5-13(14)16/h3-7,9,14-15,18H,2,8,10H2,1H3. The number of thioether (sulfide) groups is 1. The van der Waals surface area contributed by atoms with E-state index in [9.17, 15) is 0 Å². The van der Waals surface area contributed by atoms with Gasteiger partial charge in [-0.15, -0.1) is 23.1 Å². The van der Waals surface area contributed by atoms with E-state index in [1.165, 1.54) is 25.6 Å². The predicted octanol–water partition coefficient (Wildman–Crippen LogP) is 4.92. The summed E-state index contributed by atoms with van der Waals surface area (Å²) in [5.41, 5.74) is 1.53. The van der Waals surface area contributed by atoms with E-state index in [2.05, 4.69) is 63.9 Å². The normalized spacial score (nSPS) is 19.0. The number of nitrogens with one attached hydrogen (secondary N) is 1. The topological polar surface area (TPSA) is 12.0 Å². The van der Waals surface area contributed by atoms with Gasteiger partial charge in [0.2, 0.25) is 0 Å². The van der Waals surface area contributed by atoms with Crippen molar-refractivity contribution in [1.29, 1.82) is 0 Å². The van der Waals surface area contributed by atoms with Crippen molar-refractivity contribution in [3.8, 4) is 0 Å². The molecule has 1 aromatic carbocycles. The minimum Gasteiger partial charge on any atom is -0.313 e. The minimum atomic E-state index is 0.529. The quantitative estimate of drug-likeness (QED) is 0.804. The number of hydrogen-bond donors (Lipinski definition) is 1. The first kappa shape index (κ1) is 14.6. The highest BCUT2D eigenvalue weighted by Gasteiger charge is 2.30. The molecule has 1 nitrogen and oxygen atoms in total. The molecule has 4 heteroatoms. The Morgan fingerprint density at radius 3 is 3.00 bits per heavy atom. The van der Waals surface area contributed by atoms with Crippen molar-refractivity contribution in [3.63, 3.8) is 0 Å². The van der Waals surface area contributed by atoms with Gasteiger partial charge in [0.1, 0.15) is 0 Å². The second kappa shape index (κ2) is 6.65. The van der Waals surface area contributed by atoms with Crippen LogP contribution in [-0.4, -0.2) is 18.3 Å². The molecular weight excluding hydrogens is 350 g/mol. The van der Waals surface area contributed by atoms with Gasteiger partial charge in [-0.3, -0.25) is 0 Å². The first-order valence-corrected chi connectivity index (χ1v) is 9.61. The second-order valence-corrected chi connectivity index (χ2v) is 8.03. The molecule has 0 fully saturated rings. The Bertz CT molecular complexity index is 581. The van der Waals surface area contributed by atoms with Crippen LogP contribution in [0.15, 0.2) is 45.1 Å². The van der Waals surface area contributed by atoms with Gasteiger partial charge in [0.25, 0.3) is 0 Å². The van der Waals surface area contributed by atoms with Crippen LogP contribution in [0.2, 0.25) is 0 Å². The van der Waals surface area contributed by atoms with E-state index in [1.807, 2.05) is 23.1 Å². The predicted molar refractivity (Wildman–Crippen MR) is 93.1 cm³/mol. The Morgan fingerprint density at radius 1 is 1.40 bits per heavy atom. The average molecular weight is 368 g/mol. The van der Waals surface area contributed by atoms with Gasteiger partial charge in [-0.25, -0.2) is 0 Å². The zero-order valence-electron chi connectivity index (χ0n) is 11.4. The first-order chi connectivity index (χ1) is 9.78. The van der Waals surface area contributed by atoms with Gasteiger partial charge in [-0.2, -0.15) is 0 Å². The third-order valence-electron chi connectivity index (χ3n) is 3.73. The molecule has 2 heterocycles. The molecule has 2 aromatic rings. The molecule has 0 spiro atoms. The number of benzene rings is 1. The summed E-state index contributed by atoms with van der Waals surface area (Å²) < 4.78 is 1.20. The van der Waals surface area contributed by atoms with E-state index < -0.39 is 0 Å². The van der Waals surface area contributed by atoms with Gasteiger partial charge in [-0.1, -0.05) is 25.1 Å². The molecule has 2 unspecified atom stereocenters. The lowest BCUT2D eigenvalue weighted by Gasteiger charge is -2.24. The Hall–Kier alpha value is -0.290. The molecule has 1 aromatic heterocycles. The molecule has 1 aliphatic rings. The van der Waals surface area contributed by atoms with Gasteiger partial charge < -0.3 is 5.32 Å². The number of rotatable bonds is 5. The molecule has 106 valence electrons. The summed E-state index contributed by atoms with van der Waals surface area (Å²) in [4.78, 5) is 2.92. The van der Waals surface area contributed by atoms with Crippen LogP contribution in [0.3, 0.4) is 0 Å². The van der Waals surface area contributed by atoms with Crippen molar-refractivity contribution in [3.05, 3.63) is 50.6 Å². The number of halogens is 1. The van der Waals surface area contributed by atoms with Gasteiger partial charge in [0.05, 0.1) is 0 Å². The van der Waals surface area contributed by atoms with E-state index >= 15 is 0 Å². The summed E-state index contributed by atoms with van der Waals surface area (Å²) in [5, 5.41) is 5.88. The van der Waals surface area contributed by atoms with Crippen LogP contribution in [-0.2, 0) is 6.42 Å². The van der Waals surface area contributed by atoms with Gasteiger partial charge >= 0.3 is 0 Å². The van der Waals surface area contributed by atoms with Crippen molar-refractivity contribution in [2.24, 2.45) is 0 Å². The molecular formula is C16H18BrNS2. The smallest absolute Gasteiger partial charge is 0.0285 e. The molecule has 0 radical (unpaired) electrons. The third-order valence-corrected chi connectivity index (χ3v) is 6.66. The van der Waals surface area contributed by atoms with E-state index in [-0.39, 0.29) is 0 Å². The highest BCUT2D eigenvalue weighted by molar-refractivity contribution is 9.10. The van der Waals surface area contributed by atoms with Crippen LogP contribution in [0.4, 0.5) is 0 Å². The first-order valence-electron chi connectivity index (χ1n) is 6.96. The van der Waals surface area contributed by atoms with E-state index in [0.29, 0.717) is 12.0 Å². The zero-order chi connectivity index (χ0) is 13.9. The number of thiophene rings is 1. The molecule has 20 heavy (non-hydrogen) atoms. The fourth-order valence-corrected chi connectivity index (χ4v) is 5.66. The maximum atomic E-state index is 3.70. The molecule has 1 aliphatic heterocycles. The minimum absolute atomic E-state index is 0.529. The summed E-state index contributed by atoms with van der Waals surface area (Å²) in [6.45, 7) is 3.23. The highest BCUT2D eigenvalue weighted by Crippen LogP contribution is 2.42. The van der Waals surface area contributed by atoms with Crippen LogP contribution in [0.25, 0.3) is 0 Å². The Balaban J connectivity index is 1.81. The molecule has 0 saturated carbocycles. The van der Waals surface area contributed by atoms with Crippen molar-refractivity contribution in [1.82, 2.24) is 5.32 Å². The van der Waals surface area contributed by atoms with Crippen LogP contribution in [0.1, 0.15) is 23.3 Å². The molecule has 2 atom stereocenters. The van der Waals surface area contributed by atoms with Crippen molar-refractivity contribution in [2.45, 2.75) is 30.2 Å². The fourth-order valence-electron chi connectivity index (χ4n) is 2.82. The van der Waals surface area contributed by atoms with Crippen LogP contribution >= 0.6 is 39.0 Å². The van der Waals surface area contributed by atoms with Crippen molar-refractivity contribution < 1.29 is 0 Å². The summed E-state index contributed by atoms with van der Waals surface area (Å²) in [6, 6.07) is 11.7. The van der Waals surface area contributed by atoms with E-state index in [4.69, 9.17) is 0 Å². The molecule has 0 saturated heterocycles.